The fourth-order valence-corrected chi connectivity index (χ4v) is 1.75. The number of aromatic nitrogens is 3. The number of nitrogens with zero attached hydrogens (tertiary/aromatic N) is 5. The van der Waals surface area contributed by atoms with Gasteiger partial charge in [-0.15, -0.1) is 5.10 Å². The molecule has 0 fully saturated rings. The molecule has 0 aliphatic carbocycles. The van der Waals surface area contributed by atoms with Gasteiger partial charge in [0.2, 0.25) is 5.91 Å². The van der Waals surface area contributed by atoms with E-state index in [1.807, 2.05) is 5.32 Å². The third-order valence-electron chi connectivity index (χ3n) is 2.74. The van der Waals surface area contributed by atoms with E-state index in [2.05, 4.69) is 10.1 Å². The van der Waals surface area contributed by atoms with E-state index in [-0.39, 0.29) is 5.82 Å². The molecule has 0 aliphatic rings. The summed E-state index contributed by atoms with van der Waals surface area (Å²) in [5.74, 6) is -1.07. The van der Waals surface area contributed by atoms with Crippen molar-refractivity contribution in [3.8, 4) is 6.07 Å². The Morgan fingerprint density at radius 3 is 2.71 bits per heavy atom. The Morgan fingerprint density at radius 1 is 1.46 bits per heavy atom. The molecule has 1 heterocycles. The van der Waals surface area contributed by atoms with Gasteiger partial charge >= 0.3 is 6.18 Å². The normalized spacial score (nSPS) is 10.9. The molecule has 0 aliphatic heterocycles. The molecule has 0 spiro atoms. The summed E-state index contributed by atoms with van der Waals surface area (Å²) in [5.41, 5.74) is -2.73. The molecule has 0 unspecified atom stereocenters. The predicted octanol–water partition coefficient (Wildman–Crippen LogP) is 1.72. The number of nitro benzene ring substituents is 1. The van der Waals surface area contributed by atoms with Crippen molar-refractivity contribution in [2.24, 2.45) is 0 Å². The highest BCUT2D eigenvalue weighted by Crippen LogP contribution is 2.37. The van der Waals surface area contributed by atoms with Crippen LogP contribution in [0, 0.1) is 21.4 Å². The van der Waals surface area contributed by atoms with E-state index >= 15 is 0 Å². The number of nitro groups is 1. The van der Waals surface area contributed by atoms with Crippen LogP contribution in [0.3, 0.4) is 0 Å². The monoisotopic (exact) mass is 340 g/mol. The second-order valence-corrected chi connectivity index (χ2v) is 4.41. The van der Waals surface area contributed by atoms with Gasteiger partial charge in [0, 0.05) is 12.1 Å². The van der Waals surface area contributed by atoms with E-state index < -0.39 is 40.5 Å². The molecule has 1 aromatic carbocycles. The van der Waals surface area contributed by atoms with Crippen molar-refractivity contribution in [3.63, 3.8) is 0 Å². The average molecular weight is 340 g/mol. The molecule has 0 bridgehead atoms. The summed E-state index contributed by atoms with van der Waals surface area (Å²) in [7, 11) is 0. The van der Waals surface area contributed by atoms with Crippen molar-refractivity contribution in [3.05, 3.63) is 46.0 Å². The van der Waals surface area contributed by atoms with Crippen molar-refractivity contribution in [2.45, 2.75) is 12.7 Å². The topological polar surface area (TPSA) is 127 Å². The van der Waals surface area contributed by atoms with Crippen molar-refractivity contribution >= 4 is 17.3 Å². The SMILES string of the molecule is N#Cc1ncn(CC(=O)Nc2ccc([N+](=O)[O-])cc2C(F)(F)F)n1. The number of benzene rings is 1. The first-order chi connectivity index (χ1) is 11.2. The third kappa shape index (κ3) is 3.83. The Labute approximate surface area is 131 Å². The lowest BCUT2D eigenvalue weighted by molar-refractivity contribution is -0.385. The summed E-state index contributed by atoms with van der Waals surface area (Å²) in [5, 5.41) is 24.7. The Kier molecular flexibility index (Phi) is 4.45. The van der Waals surface area contributed by atoms with Gasteiger partial charge in [-0.25, -0.2) is 9.67 Å². The zero-order valence-corrected chi connectivity index (χ0v) is 11.6. The maximum Gasteiger partial charge on any atom is 0.418 e. The van der Waals surface area contributed by atoms with E-state index in [0.29, 0.717) is 6.07 Å². The molecule has 0 saturated carbocycles. The number of non-ortho nitro benzene ring substituents is 1. The van der Waals surface area contributed by atoms with Crippen LogP contribution < -0.4 is 5.32 Å². The largest absolute Gasteiger partial charge is 0.418 e. The molecule has 2 rings (SSSR count). The summed E-state index contributed by atoms with van der Waals surface area (Å²) >= 11 is 0. The molecular weight excluding hydrogens is 333 g/mol. The van der Waals surface area contributed by atoms with Crippen LogP contribution in [0.2, 0.25) is 0 Å². The van der Waals surface area contributed by atoms with Crippen LogP contribution in [0.4, 0.5) is 24.5 Å². The molecule has 12 heteroatoms. The number of carbonyl (C=O) groups excluding carboxylic acids is 1. The minimum absolute atomic E-state index is 0.200. The number of halogens is 3. The number of rotatable bonds is 4. The quantitative estimate of drug-likeness (QED) is 0.667. The second-order valence-electron chi connectivity index (χ2n) is 4.41. The minimum atomic E-state index is -4.89. The molecule has 24 heavy (non-hydrogen) atoms. The van der Waals surface area contributed by atoms with Gasteiger partial charge in [-0.1, -0.05) is 0 Å². The zero-order valence-electron chi connectivity index (χ0n) is 11.6. The second kappa shape index (κ2) is 6.32. The van der Waals surface area contributed by atoms with Crippen LogP contribution in [0.5, 0.6) is 0 Å². The molecule has 2 aromatic rings. The van der Waals surface area contributed by atoms with E-state index in [9.17, 15) is 28.1 Å². The number of nitrogens with one attached hydrogen (secondary N) is 1. The predicted molar refractivity (Wildman–Crippen MR) is 71.5 cm³/mol. The Balaban J connectivity index is 2.23. The number of amides is 1. The summed E-state index contributed by atoms with van der Waals surface area (Å²) in [6.45, 7) is -0.483. The van der Waals surface area contributed by atoms with Crippen molar-refractivity contribution < 1.29 is 22.9 Å². The molecule has 1 aromatic heterocycles. The Morgan fingerprint density at radius 2 is 2.17 bits per heavy atom. The Hall–Kier alpha value is -3.49. The van der Waals surface area contributed by atoms with Crippen LogP contribution in [-0.2, 0) is 17.5 Å². The van der Waals surface area contributed by atoms with E-state index in [1.165, 1.54) is 0 Å². The summed E-state index contributed by atoms with van der Waals surface area (Å²) < 4.78 is 39.9. The van der Waals surface area contributed by atoms with Crippen LogP contribution in [0.25, 0.3) is 0 Å². The van der Waals surface area contributed by atoms with E-state index in [0.717, 1.165) is 23.1 Å². The molecular formula is C12H7F3N6O3. The van der Waals surface area contributed by atoms with Gasteiger partial charge in [-0.05, 0) is 6.07 Å². The highest BCUT2D eigenvalue weighted by atomic mass is 19.4. The number of carbonyl (C=O) groups is 1. The van der Waals surface area contributed by atoms with Gasteiger partial charge in [0.15, 0.2) is 0 Å². The van der Waals surface area contributed by atoms with Crippen molar-refractivity contribution in [1.29, 1.82) is 5.26 Å². The zero-order chi connectivity index (χ0) is 17.9. The maximum absolute atomic E-state index is 13.0. The van der Waals surface area contributed by atoms with Crippen LogP contribution in [0.1, 0.15) is 11.4 Å². The van der Waals surface area contributed by atoms with Crippen LogP contribution in [-0.4, -0.2) is 25.6 Å². The average Bonchev–Trinajstić information content (AvgIpc) is 2.93. The fraction of sp³-hybridized carbons (Fsp3) is 0.167. The van der Waals surface area contributed by atoms with Gasteiger partial charge in [0.25, 0.3) is 11.5 Å². The minimum Gasteiger partial charge on any atom is -0.324 e. The van der Waals surface area contributed by atoms with Gasteiger partial charge in [-0.3, -0.25) is 14.9 Å². The number of hydrogen-bond donors (Lipinski definition) is 1. The van der Waals surface area contributed by atoms with Gasteiger partial charge in [0.1, 0.15) is 18.9 Å². The van der Waals surface area contributed by atoms with Crippen molar-refractivity contribution in [2.75, 3.05) is 5.32 Å². The third-order valence-corrected chi connectivity index (χ3v) is 2.74. The van der Waals surface area contributed by atoms with Crippen LogP contribution in [0.15, 0.2) is 24.5 Å². The lowest BCUT2D eigenvalue weighted by Gasteiger charge is -2.13. The van der Waals surface area contributed by atoms with E-state index in [1.54, 1.807) is 6.07 Å². The number of alkyl halides is 3. The lowest BCUT2D eigenvalue weighted by atomic mass is 10.1. The highest BCUT2D eigenvalue weighted by molar-refractivity contribution is 5.91. The number of nitriles is 1. The number of hydrogen-bond acceptors (Lipinski definition) is 6. The lowest BCUT2D eigenvalue weighted by Crippen LogP contribution is -2.21. The smallest absolute Gasteiger partial charge is 0.324 e. The molecule has 0 atom stereocenters. The molecule has 1 amide bonds. The Bertz CT molecular complexity index is 839. The first kappa shape index (κ1) is 16.9. The van der Waals surface area contributed by atoms with Crippen LogP contribution >= 0.6 is 0 Å². The van der Waals surface area contributed by atoms with Gasteiger partial charge < -0.3 is 5.32 Å². The van der Waals surface area contributed by atoms with E-state index in [4.69, 9.17) is 5.26 Å². The molecule has 0 saturated heterocycles. The number of anilines is 1. The molecule has 1 N–H and O–H groups in total. The van der Waals surface area contributed by atoms with Gasteiger partial charge in [0.05, 0.1) is 16.2 Å². The highest BCUT2D eigenvalue weighted by Gasteiger charge is 2.35. The summed E-state index contributed by atoms with van der Waals surface area (Å²) in [6.07, 6.45) is -3.82. The summed E-state index contributed by atoms with van der Waals surface area (Å²) in [6, 6.07) is 3.59. The first-order valence-electron chi connectivity index (χ1n) is 6.15. The molecule has 124 valence electrons. The standard InChI is InChI=1S/C12H7F3N6O3/c13-12(14,15)8-3-7(21(23)24)1-2-9(8)18-11(22)5-20-6-17-10(4-16)19-20/h1-3,6H,5H2,(H,18,22). The molecule has 0 radical (unpaired) electrons. The maximum atomic E-state index is 13.0. The fourth-order valence-electron chi connectivity index (χ4n) is 1.75. The summed E-state index contributed by atoms with van der Waals surface area (Å²) in [4.78, 5) is 25.0. The van der Waals surface area contributed by atoms with Gasteiger partial charge in [-0.2, -0.15) is 18.4 Å². The van der Waals surface area contributed by atoms with Crippen molar-refractivity contribution in [1.82, 2.24) is 14.8 Å². The first-order valence-corrected chi connectivity index (χ1v) is 6.15. The molecule has 9 nitrogen and oxygen atoms in total.